The number of hydrogen-bond donors (Lipinski definition) is 1. The molecule has 0 spiro atoms. The van der Waals surface area contributed by atoms with Crippen LogP contribution in [0.25, 0.3) is 5.57 Å². The molecule has 0 aromatic heterocycles. The molecule has 4 saturated carbocycles. The van der Waals surface area contributed by atoms with Crippen molar-refractivity contribution in [2.45, 2.75) is 64.0 Å². The van der Waals surface area contributed by atoms with Gasteiger partial charge >= 0.3 is 0 Å². The van der Waals surface area contributed by atoms with Crippen LogP contribution >= 0.6 is 0 Å². The predicted octanol–water partition coefficient (Wildman–Crippen LogP) is 5.39. The average Bonchev–Trinajstić information content (AvgIpc) is 2.66. The molecule has 1 N–H and O–H groups in total. The van der Waals surface area contributed by atoms with E-state index in [1.807, 2.05) is 12.1 Å². The number of aliphatic hydroxyl groups excluding tert-OH is 1. The van der Waals surface area contributed by atoms with E-state index in [9.17, 15) is 9.50 Å². The second kappa shape index (κ2) is 6.73. The van der Waals surface area contributed by atoms with E-state index in [-0.39, 0.29) is 24.0 Å². The number of nitrogens with zero attached hydrogens (tertiary/aromatic N) is 1. The molecule has 1 aromatic carbocycles. The summed E-state index contributed by atoms with van der Waals surface area (Å²) >= 11 is 0. The summed E-state index contributed by atoms with van der Waals surface area (Å²) in [5, 5.41) is 10.4. The highest BCUT2D eigenvalue weighted by atomic mass is 19.1. The molecule has 3 heteroatoms. The molecule has 4 fully saturated rings. The second-order valence-electron chi connectivity index (χ2n) is 10.2. The van der Waals surface area contributed by atoms with Gasteiger partial charge in [0.1, 0.15) is 5.82 Å². The quantitative estimate of drug-likeness (QED) is 0.755. The van der Waals surface area contributed by atoms with E-state index in [1.54, 1.807) is 0 Å². The lowest BCUT2D eigenvalue weighted by Gasteiger charge is -2.63. The molecule has 1 heterocycles. The summed E-state index contributed by atoms with van der Waals surface area (Å²) in [6, 6.07) is 6.92. The van der Waals surface area contributed by atoms with Gasteiger partial charge in [0.15, 0.2) is 0 Å². The van der Waals surface area contributed by atoms with Gasteiger partial charge in [0.25, 0.3) is 0 Å². The van der Waals surface area contributed by atoms with Crippen molar-refractivity contribution >= 4 is 5.57 Å². The molecule has 4 bridgehead atoms. The van der Waals surface area contributed by atoms with Crippen LogP contribution in [0.5, 0.6) is 0 Å². The molecule has 4 aliphatic carbocycles. The lowest BCUT2D eigenvalue weighted by atomic mass is 9.52. The lowest BCUT2D eigenvalue weighted by molar-refractivity contribution is -0.0859. The van der Waals surface area contributed by atoms with Crippen LogP contribution in [0.3, 0.4) is 0 Å². The lowest BCUT2D eigenvalue weighted by Crippen LogP contribution is -2.62. The molecule has 1 aromatic rings. The molecule has 0 amide bonds. The minimum absolute atomic E-state index is 0.0583. The summed E-state index contributed by atoms with van der Waals surface area (Å²) < 4.78 is 13.4. The molecule has 0 saturated heterocycles. The predicted molar refractivity (Wildman–Crippen MR) is 111 cm³/mol. The van der Waals surface area contributed by atoms with Gasteiger partial charge < -0.3 is 10.0 Å². The zero-order chi connectivity index (χ0) is 19.5. The molecule has 150 valence electrons. The van der Waals surface area contributed by atoms with Crippen LogP contribution in [0.15, 0.2) is 42.1 Å². The van der Waals surface area contributed by atoms with Crippen LogP contribution in [-0.4, -0.2) is 28.2 Å². The van der Waals surface area contributed by atoms with E-state index in [1.165, 1.54) is 50.7 Å². The number of hydrogen-bond acceptors (Lipinski definition) is 2. The summed E-state index contributed by atoms with van der Waals surface area (Å²) in [4.78, 5) is 2.65. The van der Waals surface area contributed by atoms with Crippen LogP contribution in [0.1, 0.15) is 57.9 Å². The minimum Gasteiger partial charge on any atom is -0.392 e. The zero-order valence-electron chi connectivity index (χ0n) is 17.1. The van der Waals surface area contributed by atoms with Crippen molar-refractivity contribution in [1.82, 2.24) is 4.90 Å². The van der Waals surface area contributed by atoms with Crippen molar-refractivity contribution < 1.29 is 9.50 Å². The van der Waals surface area contributed by atoms with E-state index in [0.717, 1.165) is 34.5 Å². The standard InChI is InChI=1S/C25H32FNO/c1-16(2)24-23(15-28)22(20-3-5-21(26)6-4-20)7-8-27(24)25-12-17-9-18(13-25)11-19(10-17)14-25/h3-8,16-19,24,28H,9-15H2,1-2H3. The molecule has 1 aliphatic heterocycles. The molecule has 6 rings (SSSR count). The average molecular weight is 382 g/mol. The van der Waals surface area contributed by atoms with Gasteiger partial charge in [-0.2, -0.15) is 0 Å². The van der Waals surface area contributed by atoms with Crippen LogP contribution in [0.4, 0.5) is 4.39 Å². The van der Waals surface area contributed by atoms with Gasteiger partial charge in [-0.1, -0.05) is 26.0 Å². The van der Waals surface area contributed by atoms with Crippen LogP contribution in [-0.2, 0) is 0 Å². The monoisotopic (exact) mass is 381 g/mol. The smallest absolute Gasteiger partial charge is 0.123 e. The first-order chi connectivity index (χ1) is 13.5. The maximum atomic E-state index is 13.4. The molecule has 1 atom stereocenters. The minimum atomic E-state index is -0.217. The Hall–Kier alpha value is -1.61. The molecule has 0 radical (unpaired) electrons. The van der Waals surface area contributed by atoms with Crippen molar-refractivity contribution in [3.8, 4) is 0 Å². The topological polar surface area (TPSA) is 23.5 Å². The van der Waals surface area contributed by atoms with Crippen molar-refractivity contribution in [2.75, 3.05) is 6.61 Å². The van der Waals surface area contributed by atoms with Gasteiger partial charge in [-0.25, -0.2) is 4.39 Å². The molecular weight excluding hydrogens is 349 g/mol. The molecule has 5 aliphatic rings. The highest BCUT2D eigenvalue weighted by Crippen LogP contribution is 2.59. The van der Waals surface area contributed by atoms with Crippen molar-refractivity contribution in [3.05, 3.63) is 53.5 Å². The van der Waals surface area contributed by atoms with E-state index < -0.39 is 0 Å². The number of aliphatic hydroxyl groups is 1. The fourth-order valence-electron chi connectivity index (χ4n) is 7.33. The van der Waals surface area contributed by atoms with Crippen LogP contribution < -0.4 is 0 Å². The van der Waals surface area contributed by atoms with Gasteiger partial charge in [-0.05, 0) is 97.1 Å². The first kappa shape index (κ1) is 18.4. The van der Waals surface area contributed by atoms with Crippen molar-refractivity contribution in [2.24, 2.45) is 23.7 Å². The number of rotatable bonds is 4. The third-order valence-electron chi connectivity index (χ3n) is 7.92. The number of halogens is 1. The maximum Gasteiger partial charge on any atom is 0.123 e. The Labute approximate surface area is 168 Å². The van der Waals surface area contributed by atoms with E-state index in [2.05, 4.69) is 31.0 Å². The van der Waals surface area contributed by atoms with Crippen molar-refractivity contribution in [3.63, 3.8) is 0 Å². The van der Waals surface area contributed by atoms with Gasteiger partial charge in [0.2, 0.25) is 0 Å². The summed E-state index contributed by atoms with van der Waals surface area (Å²) in [7, 11) is 0. The highest BCUT2D eigenvalue weighted by Gasteiger charge is 2.55. The summed E-state index contributed by atoms with van der Waals surface area (Å²) in [6.07, 6.45) is 12.8. The van der Waals surface area contributed by atoms with Gasteiger partial charge in [-0.3, -0.25) is 0 Å². The number of allylic oxidation sites excluding steroid dienone is 2. The van der Waals surface area contributed by atoms with Crippen LogP contribution in [0.2, 0.25) is 0 Å². The third-order valence-corrected chi connectivity index (χ3v) is 7.92. The number of benzene rings is 1. The Morgan fingerprint density at radius 2 is 1.61 bits per heavy atom. The van der Waals surface area contributed by atoms with Crippen molar-refractivity contribution in [1.29, 1.82) is 0 Å². The molecule has 2 nitrogen and oxygen atoms in total. The maximum absolute atomic E-state index is 13.4. The Kier molecular flexibility index (Phi) is 4.42. The third kappa shape index (κ3) is 2.85. The van der Waals surface area contributed by atoms with Gasteiger partial charge in [-0.15, -0.1) is 0 Å². The van der Waals surface area contributed by atoms with Gasteiger partial charge in [0.05, 0.1) is 12.6 Å². The zero-order valence-corrected chi connectivity index (χ0v) is 17.1. The Morgan fingerprint density at radius 3 is 2.11 bits per heavy atom. The summed E-state index contributed by atoms with van der Waals surface area (Å²) in [5.74, 6) is 2.88. The highest BCUT2D eigenvalue weighted by molar-refractivity contribution is 5.78. The summed E-state index contributed by atoms with van der Waals surface area (Å²) in [5.41, 5.74) is 3.44. The summed E-state index contributed by atoms with van der Waals surface area (Å²) in [6.45, 7) is 4.60. The SMILES string of the molecule is CC(C)C1C(CO)=C(c2ccc(F)cc2)C=CN1C12CC3CC(CC(C3)C1)C2. The van der Waals surface area contributed by atoms with E-state index in [0.29, 0.717) is 5.92 Å². The fraction of sp³-hybridized carbons (Fsp3) is 0.600. The Bertz CT molecular complexity index is 771. The molecule has 28 heavy (non-hydrogen) atoms. The largest absolute Gasteiger partial charge is 0.392 e. The van der Waals surface area contributed by atoms with E-state index >= 15 is 0 Å². The molecular formula is C25H32FNO. The normalized spacial score (nSPS) is 36.7. The second-order valence-corrected chi connectivity index (χ2v) is 10.2. The Morgan fingerprint density at radius 1 is 1.04 bits per heavy atom. The first-order valence-corrected chi connectivity index (χ1v) is 11.1. The fourth-order valence-corrected chi connectivity index (χ4v) is 7.33. The Balaban J connectivity index is 1.55. The first-order valence-electron chi connectivity index (χ1n) is 11.1. The molecule has 1 unspecified atom stereocenters. The van der Waals surface area contributed by atoms with E-state index in [4.69, 9.17) is 0 Å². The van der Waals surface area contributed by atoms with Crippen LogP contribution in [0, 0.1) is 29.5 Å². The van der Waals surface area contributed by atoms with Gasteiger partial charge in [0, 0.05) is 11.7 Å².